The normalized spacial score (nSPS) is 29.6. The lowest BCUT2D eigenvalue weighted by Crippen LogP contribution is -2.34. The number of fused-ring (bicyclic) bond motifs is 1. The number of amides is 1. The lowest BCUT2D eigenvalue weighted by molar-refractivity contribution is -0.143. The zero-order valence-corrected chi connectivity index (χ0v) is 12.3. The van der Waals surface area contributed by atoms with Gasteiger partial charge in [-0.3, -0.25) is 4.79 Å². The monoisotopic (exact) mass is 322 g/mol. The minimum absolute atomic E-state index is 0.0733. The molecule has 112 valence electrons. The molecule has 0 saturated carbocycles. The van der Waals surface area contributed by atoms with E-state index in [4.69, 9.17) is 5.11 Å². The van der Waals surface area contributed by atoms with Gasteiger partial charge in [-0.05, 0) is 0 Å². The van der Waals surface area contributed by atoms with Crippen molar-refractivity contribution in [1.29, 1.82) is 0 Å². The first-order chi connectivity index (χ1) is 9.28. The topological polar surface area (TPSA) is 113 Å². The second-order valence-corrected chi connectivity index (χ2v) is 7.95. The Labute approximate surface area is 120 Å². The van der Waals surface area contributed by atoms with E-state index in [1.807, 2.05) is 0 Å². The number of carbonyl (C=O) groups excluding carboxylic acids is 1. The fourth-order valence-corrected chi connectivity index (χ4v) is 6.11. The number of hydrogen-bond donors (Lipinski definition) is 1. The zero-order valence-electron chi connectivity index (χ0n) is 10.7. The van der Waals surface area contributed by atoms with Gasteiger partial charge in [-0.15, -0.1) is 0 Å². The van der Waals surface area contributed by atoms with Crippen LogP contribution in [0.5, 0.6) is 0 Å². The second-order valence-electron chi connectivity index (χ2n) is 4.59. The number of amidine groups is 1. The van der Waals surface area contributed by atoms with Gasteiger partial charge in [0.1, 0.15) is 13.2 Å². The molecule has 2 aliphatic rings. The largest absolute Gasteiger partial charge is 0.480 e. The van der Waals surface area contributed by atoms with Crippen molar-refractivity contribution in [2.45, 2.75) is 11.3 Å². The molecule has 2 aliphatic heterocycles. The van der Waals surface area contributed by atoms with Gasteiger partial charge in [-0.2, -0.15) is 4.99 Å². The number of sulfone groups is 1. The number of carbonyl (C=O) groups is 2. The molecule has 1 amide bonds. The van der Waals surface area contributed by atoms with Crippen LogP contribution in [0.15, 0.2) is 4.99 Å². The highest BCUT2D eigenvalue weighted by molar-refractivity contribution is 8.15. The average Bonchev–Trinajstić information content (AvgIpc) is 2.74. The molecule has 2 heterocycles. The number of carboxylic acid groups (broad SMARTS) is 1. The van der Waals surface area contributed by atoms with E-state index in [2.05, 4.69) is 9.73 Å². The third kappa shape index (κ3) is 3.49. The van der Waals surface area contributed by atoms with E-state index >= 15 is 0 Å². The molecular formula is C10H14N2O6S2. The van der Waals surface area contributed by atoms with Crippen LogP contribution in [-0.2, 0) is 24.2 Å². The van der Waals surface area contributed by atoms with Crippen molar-refractivity contribution >= 4 is 38.6 Å². The van der Waals surface area contributed by atoms with Crippen LogP contribution in [0.3, 0.4) is 0 Å². The van der Waals surface area contributed by atoms with Gasteiger partial charge in [0.15, 0.2) is 15.0 Å². The van der Waals surface area contributed by atoms with Gasteiger partial charge < -0.3 is 14.7 Å². The number of aliphatic carboxylic acids is 1. The lowest BCUT2D eigenvalue weighted by atomic mass is 10.2. The maximum Gasteiger partial charge on any atom is 0.329 e. The molecule has 2 atom stereocenters. The molecule has 2 saturated heterocycles. The molecule has 20 heavy (non-hydrogen) atoms. The molecule has 0 aliphatic carbocycles. The van der Waals surface area contributed by atoms with Crippen molar-refractivity contribution in [3.63, 3.8) is 0 Å². The summed E-state index contributed by atoms with van der Waals surface area (Å²) in [6.07, 6.45) is 0. The third-order valence-corrected chi connectivity index (χ3v) is 6.30. The van der Waals surface area contributed by atoms with Crippen LogP contribution in [0.25, 0.3) is 0 Å². The summed E-state index contributed by atoms with van der Waals surface area (Å²) in [5.41, 5.74) is 0. The summed E-state index contributed by atoms with van der Waals surface area (Å²) in [6, 6.07) is -0.156. The van der Waals surface area contributed by atoms with Crippen LogP contribution in [0, 0.1) is 0 Å². The zero-order chi connectivity index (χ0) is 14.9. The van der Waals surface area contributed by atoms with Gasteiger partial charge in [0.2, 0.25) is 0 Å². The van der Waals surface area contributed by atoms with Gasteiger partial charge in [-0.25, -0.2) is 13.2 Å². The molecular weight excluding hydrogens is 308 g/mol. The number of rotatable bonds is 4. The van der Waals surface area contributed by atoms with Crippen molar-refractivity contribution in [2.75, 3.05) is 31.8 Å². The average molecular weight is 322 g/mol. The standard InChI is InChI=1S/C10H14N2O6S2/c1-12-6-4-20(16,17)5-7(6)19-10(12)11-8(13)2-18-3-9(14)15/h6-7H,2-5H2,1H3,(H,14,15)/t6-,7-/m1/s1. The number of carboxylic acids is 1. The minimum atomic E-state index is -3.01. The molecule has 8 nitrogen and oxygen atoms in total. The summed E-state index contributed by atoms with van der Waals surface area (Å²) >= 11 is 1.26. The van der Waals surface area contributed by atoms with E-state index in [1.54, 1.807) is 11.9 Å². The van der Waals surface area contributed by atoms with Crippen LogP contribution < -0.4 is 0 Å². The van der Waals surface area contributed by atoms with E-state index < -0.39 is 34.9 Å². The Bertz CT molecular complexity index is 558. The predicted octanol–water partition coefficient (Wildman–Crippen LogP) is -1.19. The van der Waals surface area contributed by atoms with Crippen LogP contribution >= 0.6 is 11.8 Å². The lowest BCUT2D eigenvalue weighted by Gasteiger charge is -2.17. The van der Waals surface area contributed by atoms with Gasteiger partial charge in [-0.1, -0.05) is 11.8 Å². The first-order valence-corrected chi connectivity index (χ1v) is 8.49. The molecule has 1 N–H and O–H groups in total. The summed E-state index contributed by atoms with van der Waals surface area (Å²) in [5.74, 6) is -1.57. The van der Waals surface area contributed by atoms with E-state index in [0.717, 1.165) is 0 Å². The second kappa shape index (κ2) is 5.70. The molecule has 0 aromatic rings. The van der Waals surface area contributed by atoms with E-state index in [9.17, 15) is 18.0 Å². The fourth-order valence-electron chi connectivity index (χ4n) is 2.10. The van der Waals surface area contributed by atoms with Gasteiger partial charge in [0, 0.05) is 12.3 Å². The van der Waals surface area contributed by atoms with Gasteiger partial charge in [0.05, 0.1) is 17.5 Å². The Morgan fingerprint density at radius 2 is 2.15 bits per heavy atom. The van der Waals surface area contributed by atoms with Gasteiger partial charge in [0.25, 0.3) is 5.91 Å². The SMILES string of the molecule is CN1C(=NC(=O)COCC(=O)O)S[C@@H]2CS(=O)(=O)C[C@H]21. The van der Waals surface area contributed by atoms with Gasteiger partial charge >= 0.3 is 5.97 Å². The molecule has 2 rings (SSSR count). The molecule has 0 unspecified atom stereocenters. The predicted molar refractivity (Wildman–Crippen MR) is 72.5 cm³/mol. The number of aliphatic imine (C=N–C) groups is 1. The summed E-state index contributed by atoms with van der Waals surface area (Å²) < 4.78 is 27.7. The third-order valence-electron chi connectivity index (χ3n) is 3.00. The summed E-state index contributed by atoms with van der Waals surface area (Å²) in [7, 11) is -1.31. The Morgan fingerprint density at radius 3 is 2.75 bits per heavy atom. The summed E-state index contributed by atoms with van der Waals surface area (Å²) in [4.78, 5) is 27.3. The number of nitrogens with zero attached hydrogens (tertiary/aromatic N) is 2. The summed E-state index contributed by atoms with van der Waals surface area (Å²) in [6.45, 7) is -0.957. The Hall–Kier alpha value is -1.13. The van der Waals surface area contributed by atoms with Crippen molar-refractivity contribution in [3.05, 3.63) is 0 Å². The molecule has 0 aromatic heterocycles. The first-order valence-electron chi connectivity index (χ1n) is 5.79. The Balaban J connectivity index is 1.93. The van der Waals surface area contributed by atoms with E-state index in [-0.39, 0.29) is 22.8 Å². The maximum atomic E-state index is 11.5. The molecule has 10 heteroatoms. The highest BCUT2D eigenvalue weighted by atomic mass is 32.2. The minimum Gasteiger partial charge on any atom is -0.480 e. The highest BCUT2D eigenvalue weighted by Gasteiger charge is 2.47. The van der Waals surface area contributed by atoms with Crippen LogP contribution in [0.1, 0.15) is 0 Å². The quantitative estimate of drug-likeness (QED) is 0.688. The molecule has 0 radical (unpaired) electrons. The van der Waals surface area contributed by atoms with E-state index in [1.165, 1.54) is 11.8 Å². The first kappa shape index (κ1) is 15.3. The molecule has 2 fully saturated rings. The summed E-state index contributed by atoms with van der Waals surface area (Å²) in [5, 5.41) is 8.73. The van der Waals surface area contributed by atoms with Crippen LogP contribution in [0.4, 0.5) is 0 Å². The Kier molecular flexibility index (Phi) is 4.35. The number of hydrogen-bond acceptors (Lipinski definition) is 6. The fraction of sp³-hybridized carbons (Fsp3) is 0.700. The van der Waals surface area contributed by atoms with Crippen molar-refractivity contribution < 1.29 is 27.9 Å². The molecule has 0 spiro atoms. The van der Waals surface area contributed by atoms with Crippen LogP contribution in [-0.4, -0.2) is 78.5 Å². The van der Waals surface area contributed by atoms with Crippen molar-refractivity contribution in [1.82, 2.24) is 4.90 Å². The number of thioether (sulfide) groups is 1. The smallest absolute Gasteiger partial charge is 0.329 e. The van der Waals surface area contributed by atoms with Crippen molar-refractivity contribution in [3.8, 4) is 0 Å². The van der Waals surface area contributed by atoms with Crippen LogP contribution in [0.2, 0.25) is 0 Å². The molecule has 0 bridgehead atoms. The number of ether oxygens (including phenoxy) is 1. The maximum absolute atomic E-state index is 11.5. The molecule has 0 aromatic carbocycles. The Morgan fingerprint density at radius 1 is 1.45 bits per heavy atom. The van der Waals surface area contributed by atoms with E-state index in [0.29, 0.717) is 5.17 Å². The van der Waals surface area contributed by atoms with Crippen molar-refractivity contribution in [2.24, 2.45) is 4.99 Å². The highest BCUT2D eigenvalue weighted by Crippen LogP contribution is 2.36.